The number of amides is 1. The monoisotopic (exact) mass is 417 g/mol. The van der Waals surface area contributed by atoms with E-state index in [1.807, 2.05) is 54.7 Å². The Morgan fingerprint density at radius 1 is 1.00 bits per heavy atom. The Labute approximate surface area is 174 Å². The molecule has 5 rings (SSSR count). The van der Waals surface area contributed by atoms with Crippen molar-refractivity contribution < 1.29 is 4.79 Å². The molecule has 4 heterocycles. The van der Waals surface area contributed by atoms with Crippen molar-refractivity contribution in [1.82, 2.24) is 25.1 Å². The molecule has 1 amide bonds. The number of carbonyl (C=O) groups excluding carboxylic acids is 1. The van der Waals surface area contributed by atoms with Gasteiger partial charge in [-0.15, -0.1) is 22.7 Å². The third-order valence-electron chi connectivity index (χ3n) is 4.36. The van der Waals surface area contributed by atoms with E-state index in [0.717, 1.165) is 25.7 Å². The number of benzene rings is 1. The molecule has 6 nitrogen and oxygen atoms in total. The van der Waals surface area contributed by atoms with Crippen molar-refractivity contribution in [1.29, 1.82) is 0 Å². The van der Waals surface area contributed by atoms with Crippen LogP contribution in [0.15, 0.2) is 73.2 Å². The van der Waals surface area contributed by atoms with Gasteiger partial charge in [-0.3, -0.25) is 4.79 Å². The molecule has 4 aromatic heterocycles. The molecule has 0 fully saturated rings. The predicted octanol–water partition coefficient (Wildman–Crippen LogP) is 4.54. The molecule has 0 saturated heterocycles. The second-order valence-electron chi connectivity index (χ2n) is 6.27. The number of rotatable bonds is 5. The fourth-order valence-electron chi connectivity index (χ4n) is 2.98. The van der Waals surface area contributed by atoms with Crippen LogP contribution in [0.5, 0.6) is 0 Å². The number of fused-ring (bicyclic) bond motifs is 1. The van der Waals surface area contributed by atoms with Crippen molar-refractivity contribution >= 4 is 38.8 Å². The van der Waals surface area contributed by atoms with Crippen molar-refractivity contribution in [3.8, 4) is 15.7 Å². The van der Waals surface area contributed by atoms with Crippen LogP contribution in [-0.4, -0.2) is 25.7 Å². The van der Waals surface area contributed by atoms with Crippen molar-refractivity contribution in [2.45, 2.75) is 6.54 Å². The first-order chi connectivity index (χ1) is 14.3. The number of hydrogen-bond donors (Lipinski definition) is 1. The third kappa shape index (κ3) is 3.55. The summed E-state index contributed by atoms with van der Waals surface area (Å²) in [6.45, 7) is 0.371. The van der Waals surface area contributed by atoms with Crippen LogP contribution in [0.3, 0.4) is 0 Å². The second-order valence-corrected chi connectivity index (χ2v) is 8.38. The van der Waals surface area contributed by atoms with Gasteiger partial charge < -0.3 is 5.32 Å². The molecule has 1 N–H and O–H groups in total. The molecule has 0 aliphatic rings. The van der Waals surface area contributed by atoms with Gasteiger partial charge in [-0.2, -0.15) is 5.10 Å². The Kier molecular flexibility index (Phi) is 4.63. The average Bonchev–Trinajstić information content (AvgIpc) is 3.52. The van der Waals surface area contributed by atoms with E-state index in [9.17, 15) is 4.79 Å². The number of hydrogen-bond acceptors (Lipinski definition) is 6. The Bertz CT molecular complexity index is 1260. The van der Waals surface area contributed by atoms with E-state index in [1.165, 1.54) is 11.3 Å². The summed E-state index contributed by atoms with van der Waals surface area (Å²) >= 11 is 3.08. The molecule has 0 bridgehead atoms. The molecular formula is C21H15N5OS2. The molecular weight excluding hydrogens is 402 g/mol. The minimum atomic E-state index is -0.113. The standard InChI is InChI=1S/C21H15N5OS2/c27-20(23-13-14-5-3-10-22-19(14)26-12-4-11-24-26)17-8-9-18(28-17)21-25-15-6-1-2-7-16(15)29-21/h1-12H,13H2,(H,23,27). The first-order valence-corrected chi connectivity index (χ1v) is 10.6. The fourth-order valence-corrected chi connectivity index (χ4v) is 4.93. The zero-order valence-electron chi connectivity index (χ0n) is 15.1. The zero-order valence-corrected chi connectivity index (χ0v) is 16.8. The molecule has 142 valence electrons. The minimum Gasteiger partial charge on any atom is -0.347 e. The Hall–Kier alpha value is -3.36. The topological polar surface area (TPSA) is 72.7 Å². The molecule has 0 atom stereocenters. The molecule has 5 aromatic rings. The van der Waals surface area contributed by atoms with E-state index < -0.39 is 0 Å². The van der Waals surface area contributed by atoms with Crippen LogP contribution in [0.2, 0.25) is 0 Å². The molecule has 29 heavy (non-hydrogen) atoms. The van der Waals surface area contributed by atoms with E-state index in [1.54, 1.807) is 28.4 Å². The minimum absolute atomic E-state index is 0.113. The van der Waals surface area contributed by atoms with E-state index in [-0.39, 0.29) is 5.91 Å². The Morgan fingerprint density at radius 3 is 2.79 bits per heavy atom. The number of thiophene rings is 1. The Balaban J connectivity index is 1.33. The van der Waals surface area contributed by atoms with Gasteiger partial charge in [0.2, 0.25) is 0 Å². The highest BCUT2D eigenvalue weighted by molar-refractivity contribution is 7.26. The van der Waals surface area contributed by atoms with Gasteiger partial charge in [0.25, 0.3) is 5.91 Å². The van der Waals surface area contributed by atoms with E-state index in [4.69, 9.17) is 0 Å². The van der Waals surface area contributed by atoms with Gasteiger partial charge in [0.15, 0.2) is 5.82 Å². The number of nitrogens with zero attached hydrogens (tertiary/aromatic N) is 4. The summed E-state index contributed by atoms with van der Waals surface area (Å²) in [5, 5.41) is 8.14. The van der Waals surface area contributed by atoms with Crippen LogP contribution in [0.1, 0.15) is 15.2 Å². The normalized spacial score (nSPS) is 11.0. The molecule has 0 aliphatic carbocycles. The highest BCUT2D eigenvalue weighted by Crippen LogP contribution is 2.34. The first kappa shape index (κ1) is 17.7. The number of pyridine rings is 1. The number of nitrogens with one attached hydrogen (secondary N) is 1. The molecule has 0 aliphatic heterocycles. The summed E-state index contributed by atoms with van der Waals surface area (Å²) in [4.78, 5) is 23.4. The average molecular weight is 418 g/mol. The lowest BCUT2D eigenvalue weighted by atomic mass is 10.2. The highest BCUT2D eigenvalue weighted by atomic mass is 32.1. The lowest BCUT2D eigenvalue weighted by molar-refractivity contribution is 0.0955. The zero-order chi connectivity index (χ0) is 19.6. The molecule has 8 heteroatoms. The summed E-state index contributed by atoms with van der Waals surface area (Å²) in [5.74, 6) is 0.594. The van der Waals surface area contributed by atoms with Gasteiger partial charge in [0.1, 0.15) is 5.01 Å². The first-order valence-electron chi connectivity index (χ1n) is 8.96. The third-order valence-corrected chi connectivity index (χ3v) is 6.65. The van der Waals surface area contributed by atoms with Gasteiger partial charge in [-0.25, -0.2) is 14.6 Å². The summed E-state index contributed by atoms with van der Waals surface area (Å²) < 4.78 is 2.84. The van der Waals surface area contributed by atoms with Crippen LogP contribution >= 0.6 is 22.7 Å². The van der Waals surface area contributed by atoms with Crippen molar-refractivity contribution in [2.24, 2.45) is 0 Å². The van der Waals surface area contributed by atoms with Gasteiger partial charge in [-0.05, 0) is 36.4 Å². The van der Waals surface area contributed by atoms with Gasteiger partial charge in [0.05, 0.1) is 20.0 Å². The maximum Gasteiger partial charge on any atom is 0.261 e. The highest BCUT2D eigenvalue weighted by Gasteiger charge is 2.14. The molecule has 0 radical (unpaired) electrons. The lowest BCUT2D eigenvalue weighted by Gasteiger charge is -2.09. The summed E-state index contributed by atoms with van der Waals surface area (Å²) in [5.41, 5.74) is 1.88. The number of thiazole rings is 1. The van der Waals surface area contributed by atoms with Gasteiger partial charge in [-0.1, -0.05) is 18.2 Å². The number of carbonyl (C=O) groups is 1. The maximum absolute atomic E-state index is 12.7. The summed E-state index contributed by atoms with van der Waals surface area (Å²) in [6, 6.07) is 17.5. The fraction of sp³-hybridized carbons (Fsp3) is 0.0476. The van der Waals surface area contributed by atoms with Crippen LogP contribution < -0.4 is 5.32 Å². The van der Waals surface area contributed by atoms with E-state index in [2.05, 4.69) is 26.4 Å². The number of aromatic nitrogens is 4. The van der Waals surface area contributed by atoms with Crippen LogP contribution in [0.4, 0.5) is 0 Å². The van der Waals surface area contributed by atoms with Crippen LogP contribution in [-0.2, 0) is 6.54 Å². The summed E-state index contributed by atoms with van der Waals surface area (Å²) in [6.07, 6.45) is 5.25. The summed E-state index contributed by atoms with van der Waals surface area (Å²) in [7, 11) is 0. The second kappa shape index (κ2) is 7.57. The van der Waals surface area contributed by atoms with Gasteiger partial charge in [0, 0.05) is 30.7 Å². The predicted molar refractivity (Wildman–Crippen MR) is 115 cm³/mol. The van der Waals surface area contributed by atoms with Crippen molar-refractivity contribution in [2.75, 3.05) is 0 Å². The molecule has 0 spiro atoms. The Morgan fingerprint density at radius 2 is 1.93 bits per heavy atom. The van der Waals surface area contributed by atoms with Gasteiger partial charge >= 0.3 is 0 Å². The van der Waals surface area contributed by atoms with E-state index >= 15 is 0 Å². The van der Waals surface area contributed by atoms with Crippen molar-refractivity contribution in [3.63, 3.8) is 0 Å². The molecule has 1 aromatic carbocycles. The van der Waals surface area contributed by atoms with E-state index in [0.29, 0.717) is 17.2 Å². The molecule has 0 saturated carbocycles. The maximum atomic E-state index is 12.7. The number of para-hydroxylation sites is 1. The largest absolute Gasteiger partial charge is 0.347 e. The smallest absolute Gasteiger partial charge is 0.261 e. The van der Waals surface area contributed by atoms with Crippen LogP contribution in [0, 0.1) is 0 Å². The van der Waals surface area contributed by atoms with Crippen LogP contribution in [0.25, 0.3) is 25.9 Å². The lowest BCUT2D eigenvalue weighted by Crippen LogP contribution is -2.23. The van der Waals surface area contributed by atoms with Crippen molar-refractivity contribution in [3.05, 3.63) is 83.6 Å². The SMILES string of the molecule is O=C(NCc1cccnc1-n1cccn1)c1ccc(-c2nc3ccccc3s2)s1. The quantitative estimate of drug-likeness (QED) is 0.456. The molecule has 0 unspecified atom stereocenters.